The molecule has 0 aliphatic heterocycles. The molecule has 1 atom stereocenters. The summed E-state index contributed by atoms with van der Waals surface area (Å²) >= 11 is 5.97. The van der Waals surface area contributed by atoms with Crippen molar-refractivity contribution in [1.82, 2.24) is 0 Å². The Balaban J connectivity index is 2.54. The van der Waals surface area contributed by atoms with E-state index >= 15 is 0 Å². The fourth-order valence-corrected chi connectivity index (χ4v) is 2.18. The van der Waals surface area contributed by atoms with Crippen LogP contribution >= 0.6 is 11.6 Å². The summed E-state index contributed by atoms with van der Waals surface area (Å²) in [5.41, 5.74) is 0.312. The fourth-order valence-electron chi connectivity index (χ4n) is 1.99. The van der Waals surface area contributed by atoms with Gasteiger partial charge in [0.15, 0.2) is 0 Å². The average molecular weight is 263 g/mol. The van der Waals surface area contributed by atoms with Crippen molar-refractivity contribution in [1.29, 1.82) is 0 Å². The normalized spacial score (nSPS) is 14.0. The van der Waals surface area contributed by atoms with Crippen molar-refractivity contribution in [2.24, 2.45) is 0 Å². The van der Waals surface area contributed by atoms with Gasteiger partial charge in [-0.2, -0.15) is 0 Å². The molecule has 0 bridgehead atoms. The van der Waals surface area contributed by atoms with Gasteiger partial charge in [0.1, 0.15) is 11.4 Å². The zero-order valence-electron chi connectivity index (χ0n) is 10.4. The molecule has 2 aromatic rings. The third-order valence-electron chi connectivity index (χ3n) is 3.02. The van der Waals surface area contributed by atoms with Gasteiger partial charge in [-0.05, 0) is 30.7 Å². The molecule has 0 aliphatic carbocycles. The van der Waals surface area contributed by atoms with Crippen LogP contribution in [0.25, 0.3) is 0 Å². The third-order valence-corrected chi connectivity index (χ3v) is 3.25. The van der Waals surface area contributed by atoms with Gasteiger partial charge in [0.25, 0.3) is 0 Å². The van der Waals surface area contributed by atoms with Crippen LogP contribution in [0.3, 0.4) is 0 Å². The molecule has 2 nitrogen and oxygen atoms in total. The molecule has 0 aliphatic rings. The molecule has 0 spiro atoms. The minimum atomic E-state index is -1.14. The van der Waals surface area contributed by atoms with Crippen molar-refractivity contribution >= 4 is 11.6 Å². The highest BCUT2D eigenvalue weighted by Crippen LogP contribution is 2.35. The van der Waals surface area contributed by atoms with E-state index in [0.29, 0.717) is 10.8 Å². The van der Waals surface area contributed by atoms with Gasteiger partial charge >= 0.3 is 0 Å². The number of hydrogen-bond acceptors (Lipinski definition) is 2. The van der Waals surface area contributed by atoms with E-state index < -0.39 is 5.60 Å². The van der Waals surface area contributed by atoms with Crippen LogP contribution in [-0.4, -0.2) is 12.2 Å². The molecule has 0 radical (unpaired) electrons. The summed E-state index contributed by atoms with van der Waals surface area (Å²) in [6, 6.07) is 14.6. The molecular weight excluding hydrogens is 248 g/mol. The second-order valence-corrected chi connectivity index (χ2v) is 4.72. The Kier molecular flexibility index (Phi) is 3.60. The van der Waals surface area contributed by atoms with Gasteiger partial charge < -0.3 is 9.84 Å². The first-order valence-corrected chi connectivity index (χ1v) is 6.05. The van der Waals surface area contributed by atoms with Gasteiger partial charge in [-0.3, -0.25) is 0 Å². The predicted molar refractivity (Wildman–Crippen MR) is 73.1 cm³/mol. The number of para-hydroxylation sites is 1. The summed E-state index contributed by atoms with van der Waals surface area (Å²) in [6.07, 6.45) is 0. The summed E-state index contributed by atoms with van der Waals surface area (Å²) in [6.45, 7) is 1.73. The Morgan fingerprint density at radius 3 is 2.50 bits per heavy atom. The molecule has 94 valence electrons. The first-order valence-electron chi connectivity index (χ1n) is 5.67. The molecule has 18 heavy (non-hydrogen) atoms. The van der Waals surface area contributed by atoms with Crippen molar-refractivity contribution in [3.8, 4) is 5.75 Å². The highest BCUT2D eigenvalue weighted by atomic mass is 35.5. The Labute approximate surface area is 112 Å². The molecule has 1 unspecified atom stereocenters. The summed E-state index contributed by atoms with van der Waals surface area (Å²) < 4.78 is 5.29. The third kappa shape index (κ3) is 2.35. The maximum Gasteiger partial charge on any atom is 0.125 e. The van der Waals surface area contributed by atoms with E-state index in [4.69, 9.17) is 16.3 Å². The van der Waals surface area contributed by atoms with Crippen molar-refractivity contribution in [2.75, 3.05) is 7.11 Å². The van der Waals surface area contributed by atoms with Gasteiger partial charge in [0.05, 0.1) is 7.11 Å². The lowest BCUT2D eigenvalue weighted by molar-refractivity contribution is 0.0989. The lowest BCUT2D eigenvalue weighted by atomic mass is 9.87. The van der Waals surface area contributed by atoms with Crippen molar-refractivity contribution in [3.63, 3.8) is 0 Å². The minimum absolute atomic E-state index is 0.600. The van der Waals surface area contributed by atoms with E-state index in [-0.39, 0.29) is 0 Å². The number of benzene rings is 2. The molecule has 0 saturated heterocycles. The van der Waals surface area contributed by atoms with Gasteiger partial charge in [0, 0.05) is 10.6 Å². The van der Waals surface area contributed by atoms with Crippen LogP contribution in [-0.2, 0) is 5.60 Å². The number of methoxy groups -OCH3 is 1. The van der Waals surface area contributed by atoms with Gasteiger partial charge in [-0.1, -0.05) is 41.9 Å². The predicted octanol–water partition coefficient (Wildman–Crippen LogP) is 3.60. The molecular formula is C15H15ClO2. The molecule has 2 rings (SSSR count). The minimum Gasteiger partial charge on any atom is -0.496 e. The Bertz CT molecular complexity index is 550. The van der Waals surface area contributed by atoms with Crippen LogP contribution in [0.2, 0.25) is 5.02 Å². The maximum absolute atomic E-state index is 10.8. The summed E-state index contributed by atoms with van der Waals surface area (Å²) in [5.74, 6) is 0.655. The second kappa shape index (κ2) is 5.01. The zero-order chi connectivity index (χ0) is 13.2. The molecule has 0 aromatic heterocycles. The quantitative estimate of drug-likeness (QED) is 0.916. The Morgan fingerprint density at radius 1 is 1.11 bits per heavy atom. The lowest BCUT2D eigenvalue weighted by Crippen LogP contribution is -2.23. The van der Waals surface area contributed by atoms with Crippen LogP contribution in [0.5, 0.6) is 5.75 Å². The number of aliphatic hydroxyl groups is 1. The molecule has 0 heterocycles. The number of rotatable bonds is 3. The van der Waals surface area contributed by atoms with Crippen LogP contribution in [0.4, 0.5) is 0 Å². The molecule has 1 N–H and O–H groups in total. The number of hydrogen-bond donors (Lipinski definition) is 1. The topological polar surface area (TPSA) is 29.5 Å². The van der Waals surface area contributed by atoms with Crippen LogP contribution in [0, 0.1) is 0 Å². The SMILES string of the molecule is COc1ccccc1C(C)(O)c1cccc(Cl)c1. The van der Waals surface area contributed by atoms with Gasteiger partial charge in [-0.15, -0.1) is 0 Å². The largest absolute Gasteiger partial charge is 0.496 e. The van der Waals surface area contributed by atoms with Gasteiger partial charge in [0.2, 0.25) is 0 Å². The van der Waals surface area contributed by atoms with Crippen LogP contribution in [0.15, 0.2) is 48.5 Å². The highest BCUT2D eigenvalue weighted by molar-refractivity contribution is 6.30. The monoisotopic (exact) mass is 262 g/mol. The highest BCUT2D eigenvalue weighted by Gasteiger charge is 2.28. The summed E-state index contributed by atoms with van der Waals surface area (Å²) in [4.78, 5) is 0. The van der Waals surface area contributed by atoms with E-state index in [9.17, 15) is 5.11 Å². The molecule has 0 saturated carbocycles. The summed E-state index contributed by atoms with van der Waals surface area (Å²) in [7, 11) is 1.59. The van der Waals surface area contributed by atoms with Crippen molar-refractivity contribution in [3.05, 3.63) is 64.7 Å². The van der Waals surface area contributed by atoms with Crippen LogP contribution < -0.4 is 4.74 Å². The van der Waals surface area contributed by atoms with Crippen molar-refractivity contribution < 1.29 is 9.84 Å². The number of halogens is 1. The van der Waals surface area contributed by atoms with Crippen LogP contribution in [0.1, 0.15) is 18.1 Å². The molecule has 2 aromatic carbocycles. The van der Waals surface area contributed by atoms with Gasteiger partial charge in [-0.25, -0.2) is 0 Å². The maximum atomic E-state index is 10.8. The standard InChI is InChI=1S/C15H15ClO2/c1-15(17,11-6-5-7-12(16)10-11)13-8-3-4-9-14(13)18-2/h3-10,17H,1-2H3. The van der Waals surface area contributed by atoms with E-state index in [2.05, 4.69) is 0 Å². The average Bonchev–Trinajstić information content (AvgIpc) is 2.38. The smallest absolute Gasteiger partial charge is 0.125 e. The first-order chi connectivity index (χ1) is 8.55. The Morgan fingerprint density at radius 2 is 1.83 bits per heavy atom. The van der Waals surface area contributed by atoms with E-state index in [1.165, 1.54) is 0 Å². The molecule has 0 fully saturated rings. The second-order valence-electron chi connectivity index (χ2n) is 4.28. The van der Waals surface area contributed by atoms with E-state index in [0.717, 1.165) is 11.1 Å². The van der Waals surface area contributed by atoms with E-state index in [1.807, 2.05) is 36.4 Å². The van der Waals surface area contributed by atoms with E-state index in [1.54, 1.807) is 26.2 Å². The van der Waals surface area contributed by atoms with Crippen molar-refractivity contribution in [2.45, 2.75) is 12.5 Å². The summed E-state index contributed by atoms with van der Waals surface area (Å²) in [5, 5.41) is 11.4. The lowest BCUT2D eigenvalue weighted by Gasteiger charge is -2.26. The fraction of sp³-hybridized carbons (Fsp3) is 0.200. The molecule has 0 amide bonds. The zero-order valence-corrected chi connectivity index (χ0v) is 11.1. The Hall–Kier alpha value is -1.51. The number of ether oxygens (including phenoxy) is 1. The first kappa shape index (κ1) is 12.9. The molecule has 3 heteroatoms.